The topological polar surface area (TPSA) is 93.8 Å². The SMILES string of the molecule is O=C(COc1cccc(Cl)c1)N/N=C\c1ccc([N+](=O)[O-])cc1. The first-order chi connectivity index (χ1) is 11.0. The van der Waals surface area contributed by atoms with Gasteiger partial charge in [0.05, 0.1) is 11.1 Å². The van der Waals surface area contributed by atoms with E-state index in [9.17, 15) is 14.9 Å². The minimum atomic E-state index is -0.490. The van der Waals surface area contributed by atoms with Crippen molar-refractivity contribution in [1.82, 2.24) is 5.43 Å². The first-order valence-electron chi connectivity index (χ1n) is 6.49. The lowest BCUT2D eigenvalue weighted by Gasteiger charge is -2.04. The highest BCUT2D eigenvalue weighted by Crippen LogP contribution is 2.16. The average molecular weight is 334 g/mol. The minimum absolute atomic E-state index is 0.0129. The van der Waals surface area contributed by atoms with Crippen LogP contribution in [0.1, 0.15) is 5.56 Å². The normalized spacial score (nSPS) is 10.5. The molecule has 1 amide bonds. The van der Waals surface area contributed by atoms with Crippen molar-refractivity contribution in [2.75, 3.05) is 6.61 Å². The van der Waals surface area contributed by atoms with Gasteiger partial charge in [0.25, 0.3) is 11.6 Å². The maximum Gasteiger partial charge on any atom is 0.277 e. The van der Waals surface area contributed by atoms with Gasteiger partial charge in [0, 0.05) is 17.2 Å². The van der Waals surface area contributed by atoms with Gasteiger partial charge in [-0.25, -0.2) is 5.43 Å². The van der Waals surface area contributed by atoms with Crippen LogP contribution >= 0.6 is 11.6 Å². The van der Waals surface area contributed by atoms with Crippen molar-refractivity contribution < 1.29 is 14.5 Å². The monoisotopic (exact) mass is 333 g/mol. The summed E-state index contributed by atoms with van der Waals surface area (Å²) in [5, 5.41) is 14.8. The summed E-state index contributed by atoms with van der Waals surface area (Å²) in [6, 6.07) is 12.4. The Hall–Kier alpha value is -2.93. The van der Waals surface area contributed by atoms with E-state index in [0.29, 0.717) is 16.3 Å². The van der Waals surface area contributed by atoms with E-state index in [1.54, 1.807) is 24.3 Å². The van der Waals surface area contributed by atoms with Gasteiger partial charge in [-0.15, -0.1) is 0 Å². The minimum Gasteiger partial charge on any atom is -0.484 e. The maximum atomic E-state index is 11.6. The number of nitro benzene ring substituents is 1. The molecule has 23 heavy (non-hydrogen) atoms. The summed E-state index contributed by atoms with van der Waals surface area (Å²) in [6.45, 7) is -0.210. The van der Waals surface area contributed by atoms with E-state index in [2.05, 4.69) is 10.5 Å². The number of hydrogen-bond acceptors (Lipinski definition) is 5. The van der Waals surface area contributed by atoms with Crippen LogP contribution in [-0.4, -0.2) is 23.7 Å². The van der Waals surface area contributed by atoms with E-state index in [0.717, 1.165) is 0 Å². The zero-order valence-electron chi connectivity index (χ0n) is 11.8. The molecule has 7 nitrogen and oxygen atoms in total. The van der Waals surface area contributed by atoms with Crippen LogP contribution in [0.15, 0.2) is 53.6 Å². The molecule has 0 aliphatic rings. The molecule has 0 radical (unpaired) electrons. The molecule has 118 valence electrons. The second kappa shape index (κ2) is 7.90. The van der Waals surface area contributed by atoms with Gasteiger partial charge in [-0.3, -0.25) is 14.9 Å². The zero-order chi connectivity index (χ0) is 16.7. The number of hydrazone groups is 1. The third-order valence-corrected chi connectivity index (χ3v) is 2.91. The number of carbonyl (C=O) groups is 1. The Morgan fingerprint density at radius 1 is 1.30 bits per heavy atom. The Labute approximate surface area is 136 Å². The Bertz CT molecular complexity index is 732. The summed E-state index contributed by atoms with van der Waals surface area (Å²) in [5.74, 6) is 0.0372. The van der Waals surface area contributed by atoms with Crippen molar-refractivity contribution in [1.29, 1.82) is 0 Å². The van der Waals surface area contributed by atoms with Gasteiger partial charge in [-0.1, -0.05) is 17.7 Å². The Balaban J connectivity index is 1.80. The number of ether oxygens (including phenoxy) is 1. The molecule has 0 aliphatic heterocycles. The fraction of sp³-hybridized carbons (Fsp3) is 0.0667. The second-order valence-corrected chi connectivity index (χ2v) is 4.82. The molecule has 1 N–H and O–H groups in total. The van der Waals surface area contributed by atoms with Crippen LogP contribution in [0.2, 0.25) is 5.02 Å². The van der Waals surface area contributed by atoms with Gasteiger partial charge >= 0.3 is 0 Å². The molecule has 0 heterocycles. The van der Waals surface area contributed by atoms with Gasteiger partial charge < -0.3 is 4.74 Å². The number of benzene rings is 2. The van der Waals surface area contributed by atoms with E-state index >= 15 is 0 Å². The number of hydrogen-bond donors (Lipinski definition) is 1. The summed E-state index contributed by atoms with van der Waals surface area (Å²) in [4.78, 5) is 21.6. The number of amides is 1. The van der Waals surface area contributed by atoms with E-state index in [1.807, 2.05) is 0 Å². The molecule has 0 bridgehead atoms. The summed E-state index contributed by atoms with van der Waals surface area (Å²) in [7, 11) is 0. The second-order valence-electron chi connectivity index (χ2n) is 4.39. The molecule has 0 saturated carbocycles. The number of carbonyl (C=O) groups excluding carboxylic acids is 1. The van der Waals surface area contributed by atoms with Gasteiger partial charge in [-0.2, -0.15) is 5.10 Å². The number of halogens is 1. The van der Waals surface area contributed by atoms with Crippen molar-refractivity contribution in [2.24, 2.45) is 5.10 Å². The molecule has 0 fully saturated rings. The average Bonchev–Trinajstić information content (AvgIpc) is 2.53. The summed E-state index contributed by atoms with van der Waals surface area (Å²) in [6.07, 6.45) is 1.38. The fourth-order valence-corrected chi connectivity index (χ4v) is 1.78. The van der Waals surface area contributed by atoms with Gasteiger partial charge in [0.1, 0.15) is 5.75 Å². The van der Waals surface area contributed by atoms with Crippen molar-refractivity contribution in [2.45, 2.75) is 0 Å². The smallest absolute Gasteiger partial charge is 0.277 e. The quantitative estimate of drug-likeness (QED) is 0.499. The molecule has 2 rings (SSSR count). The van der Waals surface area contributed by atoms with Crippen molar-refractivity contribution in [3.05, 3.63) is 69.2 Å². The number of non-ortho nitro benzene ring substituents is 1. The van der Waals surface area contributed by atoms with Crippen LogP contribution in [0, 0.1) is 10.1 Å². The predicted molar refractivity (Wildman–Crippen MR) is 85.8 cm³/mol. The van der Waals surface area contributed by atoms with Gasteiger partial charge in [0.2, 0.25) is 0 Å². The van der Waals surface area contributed by atoms with E-state index in [4.69, 9.17) is 16.3 Å². The standard InChI is InChI=1S/C15H12ClN3O4/c16-12-2-1-3-14(8-12)23-10-15(20)18-17-9-11-4-6-13(7-5-11)19(21)22/h1-9H,10H2,(H,18,20)/b17-9-. The largest absolute Gasteiger partial charge is 0.484 e. The molecule has 0 spiro atoms. The van der Waals surface area contributed by atoms with Gasteiger partial charge in [-0.05, 0) is 35.9 Å². The molecule has 0 aliphatic carbocycles. The summed E-state index contributed by atoms with van der Waals surface area (Å²) in [5.41, 5.74) is 2.90. The number of nitro groups is 1. The number of nitrogens with one attached hydrogen (secondary N) is 1. The van der Waals surface area contributed by atoms with E-state index < -0.39 is 10.8 Å². The van der Waals surface area contributed by atoms with Gasteiger partial charge in [0.15, 0.2) is 6.61 Å². The first kappa shape index (κ1) is 16.4. The first-order valence-corrected chi connectivity index (χ1v) is 6.87. The summed E-state index contributed by atoms with van der Waals surface area (Å²) >= 11 is 5.80. The molecule has 0 atom stereocenters. The van der Waals surface area contributed by atoms with Crippen LogP contribution in [0.3, 0.4) is 0 Å². The highest BCUT2D eigenvalue weighted by molar-refractivity contribution is 6.30. The molecule has 0 unspecified atom stereocenters. The Morgan fingerprint density at radius 2 is 2.04 bits per heavy atom. The third-order valence-electron chi connectivity index (χ3n) is 2.67. The van der Waals surface area contributed by atoms with Crippen molar-refractivity contribution in [3.8, 4) is 5.75 Å². The van der Waals surface area contributed by atoms with Crippen LogP contribution in [0.25, 0.3) is 0 Å². The lowest BCUT2D eigenvalue weighted by atomic mass is 10.2. The zero-order valence-corrected chi connectivity index (χ0v) is 12.6. The number of nitrogens with zero attached hydrogens (tertiary/aromatic N) is 2. The van der Waals surface area contributed by atoms with Crippen LogP contribution in [0.4, 0.5) is 5.69 Å². The molecule has 8 heteroatoms. The predicted octanol–water partition coefficient (Wildman–Crippen LogP) is 2.78. The lowest BCUT2D eigenvalue weighted by Crippen LogP contribution is -2.24. The third kappa shape index (κ3) is 5.40. The fourth-order valence-electron chi connectivity index (χ4n) is 1.60. The van der Waals surface area contributed by atoms with Crippen molar-refractivity contribution >= 4 is 29.4 Å². The van der Waals surface area contributed by atoms with Crippen LogP contribution in [0.5, 0.6) is 5.75 Å². The molecule has 0 aromatic heterocycles. The lowest BCUT2D eigenvalue weighted by molar-refractivity contribution is -0.384. The Kier molecular flexibility index (Phi) is 5.65. The van der Waals surface area contributed by atoms with Crippen LogP contribution < -0.4 is 10.2 Å². The maximum absolute atomic E-state index is 11.6. The highest BCUT2D eigenvalue weighted by atomic mass is 35.5. The van der Waals surface area contributed by atoms with E-state index in [1.165, 1.54) is 30.5 Å². The van der Waals surface area contributed by atoms with E-state index in [-0.39, 0.29) is 12.3 Å². The van der Waals surface area contributed by atoms with Crippen LogP contribution in [-0.2, 0) is 4.79 Å². The molecule has 2 aromatic carbocycles. The molecule has 0 saturated heterocycles. The highest BCUT2D eigenvalue weighted by Gasteiger charge is 2.03. The number of rotatable bonds is 6. The molecular formula is C15H12ClN3O4. The summed E-state index contributed by atoms with van der Waals surface area (Å²) < 4.78 is 5.25. The molecule has 2 aromatic rings. The molecular weight excluding hydrogens is 322 g/mol. The van der Waals surface area contributed by atoms with Crippen molar-refractivity contribution in [3.63, 3.8) is 0 Å². The Morgan fingerprint density at radius 3 is 2.70 bits per heavy atom.